The van der Waals surface area contributed by atoms with E-state index in [0.717, 1.165) is 0 Å². The van der Waals surface area contributed by atoms with Crippen LogP contribution in [0.2, 0.25) is 0 Å². The summed E-state index contributed by atoms with van der Waals surface area (Å²) in [6, 6.07) is 0. The fourth-order valence-electron chi connectivity index (χ4n) is 1.56. The lowest BCUT2D eigenvalue weighted by Crippen LogP contribution is -2.29. The van der Waals surface area contributed by atoms with Crippen LogP contribution in [0, 0.1) is 5.92 Å². The van der Waals surface area contributed by atoms with Gasteiger partial charge in [0.1, 0.15) is 0 Å². The summed E-state index contributed by atoms with van der Waals surface area (Å²) in [4.78, 5) is 0. The Morgan fingerprint density at radius 1 is 1.55 bits per heavy atom. The van der Waals surface area contributed by atoms with Crippen molar-refractivity contribution in [1.29, 1.82) is 0 Å². The molecule has 2 nitrogen and oxygen atoms in total. The third-order valence-electron chi connectivity index (χ3n) is 2.45. The number of halogens is 1. The van der Waals surface area contributed by atoms with E-state index in [1.54, 1.807) is 0 Å². The summed E-state index contributed by atoms with van der Waals surface area (Å²) >= 11 is 5.66. The number of rotatable bonds is 2. The molecule has 1 aliphatic carbocycles. The summed E-state index contributed by atoms with van der Waals surface area (Å²) in [6.07, 6.45) is 2.60. The Hall–Kier alpha value is 0.210. The summed E-state index contributed by atoms with van der Waals surface area (Å²) in [6.45, 7) is 2.69. The van der Waals surface area contributed by atoms with Crippen molar-refractivity contribution < 1.29 is 9.47 Å². The normalized spacial score (nSPS) is 44.7. The first-order valence-electron chi connectivity index (χ1n) is 4.12. The van der Waals surface area contributed by atoms with E-state index in [1.807, 2.05) is 6.92 Å². The lowest BCUT2D eigenvalue weighted by atomic mass is 10.2. The second kappa shape index (κ2) is 2.61. The zero-order valence-corrected chi connectivity index (χ0v) is 7.43. The van der Waals surface area contributed by atoms with Crippen LogP contribution in [0.15, 0.2) is 0 Å². The van der Waals surface area contributed by atoms with Gasteiger partial charge in [0.05, 0.1) is 18.6 Å². The molecule has 11 heavy (non-hydrogen) atoms. The molecule has 2 aliphatic rings. The van der Waals surface area contributed by atoms with Crippen LogP contribution in [-0.4, -0.2) is 24.4 Å². The first-order valence-corrected chi connectivity index (χ1v) is 4.66. The van der Waals surface area contributed by atoms with E-state index in [9.17, 15) is 0 Å². The van der Waals surface area contributed by atoms with Gasteiger partial charge in [-0.2, -0.15) is 0 Å². The van der Waals surface area contributed by atoms with Gasteiger partial charge in [-0.1, -0.05) is 0 Å². The standard InChI is InChI=1S/C8H13ClO2/c1-8(6-2-3-6)10-5-7(4-9)11-8/h6-7H,2-5H2,1H3/t7-,8+/m1/s1. The van der Waals surface area contributed by atoms with Crippen LogP contribution in [-0.2, 0) is 9.47 Å². The maximum atomic E-state index is 5.67. The highest BCUT2D eigenvalue weighted by molar-refractivity contribution is 6.18. The van der Waals surface area contributed by atoms with Crippen LogP contribution in [0.25, 0.3) is 0 Å². The Morgan fingerprint density at radius 3 is 2.73 bits per heavy atom. The van der Waals surface area contributed by atoms with E-state index in [2.05, 4.69) is 0 Å². The molecule has 0 N–H and O–H groups in total. The first-order chi connectivity index (χ1) is 5.24. The van der Waals surface area contributed by atoms with Crippen molar-refractivity contribution in [2.24, 2.45) is 5.92 Å². The van der Waals surface area contributed by atoms with E-state index in [1.165, 1.54) is 12.8 Å². The van der Waals surface area contributed by atoms with Crippen molar-refractivity contribution in [3.8, 4) is 0 Å². The molecule has 2 atom stereocenters. The van der Waals surface area contributed by atoms with Crippen molar-refractivity contribution in [2.45, 2.75) is 31.7 Å². The van der Waals surface area contributed by atoms with E-state index in [-0.39, 0.29) is 11.9 Å². The Bertz CT molecular complexity index is 158. The fraction of sp³-hybridized carbons (Fsp3) is 1.00. The van der Waals surface area contributed by atoms with Crippen molar-refractivity contribution in [3.63, 3.8) is 0 Å². The highest BCUT2D eigenvalue weighted by Gasteiger charge is 2.48. The van der Waals surface area contributed by atoms with Crippen LogP contribution >= 0.6 is 11.6 Å². The Morgan fingerprint density at radius 2 is 2.27 bits per heavy atom. The first kappa shape index (κ1) is 7.84. The van der Waals surface area contributed by atoms with Gasteiger partial charge in [0.2, 0.25) is 0 Å². The monoisotopic (exact) mass is 176 g/mol. The number of hydrogen-bond acceptors (Lipinski definition) is 2. The topological polar surface area (TPSA) is 18.5 Å². The van der Waals surface area contributed by atoms with Crippen LogP contribution in [0.5, 0.6) is 0 Å². The van der Waals surface area contributed by atoms with Gasteiger partial charge in [0.15, 0.2) is 5.79 Å². The molecule has 1 saturated heterocycles. The molecular formula is C8H13ClO2. The van der Waals surface area contributed by atoms with Gasteiger partial charge in [0, 0.05) is 5.92 Å². The molecule has 1 saturated carbocycles. The van der Waals surface area contributed by atoms with Crippen LogP contribution in [0.3, 0.4) is 0 Å². The molecule has 3 heteroatoms. The Balaban J connectivity index is 1.95. The summed E-state index contributed by atoms with van der Waals surface area (Å²) in [7, 11) is 0. The summed E-state index contributed by atoms with van der Waals surface area (Å²) < 4.78 is 11.2. The van der Waals surface area contributed by atoms with Crippen LogP contribution < -0.4 is 0 Å². The highest BCUT2D eigenvalue weighted by atomic mass is 35.5. The average molecular weight is 177 g/mol. The maximum absolute atomic E-state index is 5.67. The van der Waals surface area contributed by atoms with Gasteiger partial charge in [-0.05, 0) is 19.8 Å². The molecule has 0 radical (unpaired) electrons. The van der Waals surface area contributed by atoms with Crippen molar-refractivity contribution in [1.82, 2.24) is 0 Å². The highest BCUT2D eigenvalue weighted by Crippen LogP contribution is 2.45. The second-order valence-electron chi connectivity index (χ2n) is 3.50. The molecule has 2 fully saturated rings. The zero-order chi connectivity index (χ0) is 7.90. The predicted octanol–water partition coefficient (Wildman–Crippen LogP) is 1.77. The molecule has 0 aromatic carbocycles. The minimum atomic E-state index is -0.306. The molecule has 0 unspecified atom stereocenters. The van der Waals surface area contributed by atoms with Gasteiger partial charge in [-0.25, -0.2) is 0 Å². The number of hydrogen-bond donors (Lipinski definition) is 0. The maximum Gasteiger partial charge on any atom is 0.168 e. The predicted molar refractivity (Wildman–Crippen MR) is 42.7 cm³/mol. The minimum absolute atomic E-state index is 0.113. The summed E-state index contributed by atoms with van der Waals surface area (Å²) in [5, 5.41) is 0. The molecule has 0 amide bonds. The summed E-state index contributed by atoms with van der Waals surface area (Å²) in [5.41, 5.74) is 0. The summed E-state index contributed by atoms with van der Waals surface area (Å²) in [5.74, 6) is 0.859. The van der Waals surface area contributed by atoms with E-state index >= 15 is 0 Å². The molecule has 1 aliphatic heterocycles. The Kier molecular flexibility index (Phi) is 1.86. The quantitative estimate of drug-likeness (QED) is 0.597. The Labute approximate surface area is 71.8 Å². The largest absolute Gasteiger partial charge is 0.347 e. The van der Waals surface area contributed by atoms with Gasteiger partial charge in [0.25, 0.3) is 0 Å². The SMILES string of the molecule is C[C@]1(C2CC2)OC[C@@H](CCl)O1. The van der Waals surface area contributed by atoms with E-state index in [0.29, 0.717) is 18.4 Å². The van der Waals surface area contributed by atoms with Crippen molar-refractivity contribution in [3.05, 3.63) is 0 Å². The smallest absolute Gasteiger partial charge is 0.168 e. The minimum Gasteiger partial charge on any atom is -0.347 e. The molecule has 0 aromatic heterocycles. The molecule has 0 aromatic rings. The third-order valence-corrected chi connectivity index (χ3v) is 2.79. The molecule has 2 rings (SSSR count). The van der Waals surface area contributed by atoms with Gasteiger partial charge < -0.3 is 9.47 Å². The van der Waals surface area contributed by atoms with Gasteiger partial charge in [-0.3, -0.25) is 0 Å². The van der Waals surface area contributed by atoms with Crippen molar-refractivity contribution >= 4 is 11.6 Å². The lowest BCUT2D eigenvalue weighted by molar-refractivity contribution is -0.166. The van der Waals surface area contributed by atoms with Crippen LogP contribution in [0.1, 0.15) is 19.8 Å². The number of alkyl halides is 1. The van der Waals surface area contributed by atoms with Crippen LogP contribution in [0.4, 0.5) is 0 Å². The second-order valence-corrected chi connectivity index (χ2v) is 3.80. The zero-order valence-electron chi connectivity index (χ0n) is 6.68. The van der Waals surface area contributed by atoms with Crippen molar-refractivity contribution in [2.75, 3.05) is 12.5 Å². The number of ether oxygens (including phenoxy) is 2. The molecular weight excluding hydrogens is 164 g/mol. The lowest BCUT2D eigenvalue weighted by Gasteiger charge is -2.22. The van der Waals surface area contributed by atoms with E-state index < -0.39 is 0 Å². The van der Waals surface area contributed by atoms with E-state index in [4.69, 9.17) is 21.1 Å². The average Bonchev–Trinajstić information content (AvgIpc) is 2.77. The van der Waals surface area contributed by atoms with Gasteiger partial charge >= 0.3 is 0 Å². The molecule has 0 bridgehead atoms. The van der Waals surface area contributed by atoms with Gasteiger partial charge in [-0.15, -0.1) is 11.6 Å². The molecule has 64 valence electrons. The molecule has 1 heterocycles. The third kappa shape index (κ3) is 1.40. The fourth-order valence-corrected chi connectivity index (χ4v) is 1.71. The molecule has 0 spiro atoms.